The third kappa shape index (κ3) is 5.20. The zero-order valence-corrected chi connectivity index (χ0v) is 15.3. The summed E-state index contributed by atoms with van der Waals surface area (Å²) >= 11 is 0. The number of anilines is 1. The van der Waals surface area contributed by atoms with Crippen molar-refractivity contribution in [3.8, 4) is 0 Å². The van der Waals surface area contributed by atoms with Crippen LogP contribution in [0.2, 0.25) is 0 Å². The highest BCUT2D eigenvalue weighted by molar-refractivity contribution is 6.59. The van der Waals surface area contributed by atoms with E-state index >= 15 is 0 Å². The van der Waals surface area contributed by atoms with E-state index in [1.807, 2.05) is 31.2 Å². The number of hydrogen-bond donors (Lipinski definition) is 5. The average Bonchev–Trinajstić information content (AvgIpc) is 3.48. The molecule has 1 aliphatic rings. The number of carbonyl (C=O) groups excluding carboxylic acids is 3. The van der Waals surface area contributed by atoms with Gasteiger partial charge in [-0.25, -0.2) is 0 Å². The number of benzene rings is 1. The Bertz CT molecular complexity index is 759. The zero-order valence-electron chi connectivity index (χ0n) is 15.3. The van der Waals surface area contributed by atoms with Crippen molar-refractivity contribution in [3.63, 3.8) is 0 Å². The lowest BCUT2D eigenvalue weighted by molar-refractivity contribution is -0.131. The minimum absolute atomic E-state index is 0.0218. The molecular formula is C18H24N6O3. The Kier molecular flexibility index (Phi) is 6.78. The van der Waals surface area contributed by atoms with Crippen LogP contribution in [0.3, 0.4) is 0 Å². The minimum atomic E-state index is -1.08. The van der Waals surface area contributed by atoms with Gasteiger partial charge in [-0.15, -0.1) is 0 Å². The van der Waals surface area contributed by atoms with Crippen molar-refractivity contribution in [2.24, 2.45) is 11.0 Å². The van der Waals surface area contributed by atoms with Crippen LogP contribution in [0.1, 0.15) is 18.4 Å². The lowest BCUT2D eigenvalue weighted by Gasteiger charge is -2.31. The van der Waals surface area contributed by atoms with E-state index in [1.165, 1.54) is 0 Å². The summed E-state index contributed by atoms with van der Waals surface area (Å²) < 4.78 is 0. The summed E-state index contributed by atoms with van der Waals surface area (Å²) in [6.45, 7) is 1.91. The molecule has 9 nitrogen and oxygen atoms in total. The Hall–Kier alpha value is -3.07. The fourth-order valence-electron chi connectivity index (χ4n) is 2.83. The number of aryl methyl sites for hydroxylation is 1. The highest BCUT2D eigenvalue weighted by Gasteiger charge is 2.50. The molecular weight excluding hydrogens is 348 g/mol. The Morgan fingerprint density at radius 1 is 1.37 bits per heavy atom. The smallest absolute Gasteiger partial charge is 0.270 e. The van der Waals surface area contributed by atoms with Gasteiger partial charge in [0.15, 0.2) is 0 Å². The van der Waals surface area contributed by atoms with Crippen molar-refractivity contribution in [1.82, 2.24) is 16.0 Å². The summed E-state index contributed by atoms with van der Waals surface area (Å²) in [7, 11) is 1.60. The largest absolute Gasteiger partial charge is 0.348 e. The second-order valence-corrected chi connectivity index (χ2v) is 6.42. The topological polar surface area (TPSA) is 136 Å². The number of rotatable bonds is 10. The molecule has 3 amide bonds. The molecule has 5 N–H and O–H groups in total. The molecule has 0 bridgehead atoms. The number of imide groups is 1. The number of nitrogens with one attached hydrogen (secondary N) is 5. The van der Waals surface area contributed by atoms with Crippen molar-refractivity contribution < 1.29 is 14.4 Å². The van der Waals surface area contributed by atoms with E-state index in [-0.39, 0.29) is 18.2 Å². The lowest BCUT2D eigenvalue weighted by Crippen LogP contribution is -2.63. The van der Waals surface area contributed by atoms with Gasteiger partial charge in [0.2, 0.25) is 12.3 Å². The Morgan fingerprint density at radius 2 is 2.11 bits per heavy atom. The summed E-state index contributed by atoms with van der Waals surface area (Å²) in [5, 5.41) is 19.3. The first-order valence-corrected chi connectivity index (χ1v) is 8.59. The predicted molar refractivity (Wildman–Crippen MR) is 103 cm³/mol. The van der Waals surface area contributed by atoms with Gasteiger partial charge in [0, 0.05) is 6.54 Å². The average molecular weight is 372 g/mol. The molecule has 0 spiro atoms. The molecule has 0 saturated heterocycles. The molecule has 1 fully saturated rings. The molecule has 0 radical (unpaired) electrons. The van der Waals surface area contributed by atoms with Gasteiger partial charge in [0.25, 0.3) is 5.91 Å². The third-order valence-electron chi connectivity index (χ3n) is 4.49. The first-order valence-electron chi connectivity index (χ1n) is 8.59. The second kappa shape index (κ2) is 9.04. The van der Waals surface area contributed by atoms with E-state index in [2.05, 4.69) is 26.5 Å². The first-order chi connectivity index (χ1) is 12.9. The van der Waals surface area contributed by atoms with Gasteiger partial charge < -0.3 is 10.6 Å². The van der Waals surface area contributed by atoms with Gasteiger partial charge in [-0.05, 0) is 50.4 Å². The van der Waals surface area contributed by atoms with E-state index in [0.29, 0.717) is 6.41 Å². The van der Waals surface area contributed by atoms with Gasteiger partial charge in [-0.3, -0.25) is 30.5 Å². The monoisotopic (exact) mass is 372 g/mol. The van der Waals surface area contributed by atoms with Crippen LogP contribution in [0.15, 0.2) is 29.4 Å². The van der Waals surface area contributed by atoms with Gasteiger partial charge in [0.05, 0.1) is 11.9 Å². The molecule has 1 atom stereocenters. The minimum Gasteiger partial charge on any atom is -0.348 e. The van der Waals surface area contributed by atoms with Crippen LogP contribution in [0.25, 0.3) is 0 Å². The number of carbonyl (C=O) groups is 3. The molecule has 144 valence electrons. The van der Waals surface area contributed by atoms with Crippen molar-refractivity contribution in [2.45, 2.75) is 25.3 Å². The van der Waals surface area contributed by atoms with Gasteiger partial charge in [-0.2, -0.15) is 5.10 Å². The molecule has 9 heteroatoms. The van der Waals surface area contributed by atoms with Crippen molar-refractivity contribution >= 4 is 35.8 Å². The zero-order chi connectivity index (χ0) is 19.9. The standard InChI is InChI=1S/C18H24N6O3/c1-12-4-3-5-14(8-12)24-23-9-15(19)16(26)21-10-18(20-2,13-6-7-13)17(27)22-11-25/h3-5,8-9,11,13,19-20,24H,6-7,10H2,1-2H3,(H,21,26)(H,22,25,27)/b19-15?,23-9-. The van der Waals surface area contributed by atoms with Crippen LogP contribution >= 0.6 is 0 Å². The van der Waals surface area contributed by atoms with Crippen LogP contribution in [-0.4, -0.2) is 49.3 Å². The number of hydrazone groups is 1. The fourth-order valence-corrected chi connectivity index (χ4v) is 2.83. The number of likely N-dealkylation sites (N-methyl/N-ethyl adjacent to an activating group) is 1. The van der Waals surface area contributed by atoms with E-state index in [1.54, 1.807) is 7.05 Å². The quantitative estimate of drug-likeness (QED) is 0.227. The van der Waals surface area contributed by atoms with Crippen LogP contribution < -0.4 is 21.4 Å². The maximum atomic E-state index is 12.3. The van der Waals surface area contributed by atoms with Crippen LogP contribution in [0.4, 0.5) is 5.69 Å². The Morgan fingerprint density at radius 3 is 2.70 bits per heavy atom. The van der Waals surface area contributed by atoms with E-state index in [0.717, 1.165) is 30.3 Å². The maximum absolute atomic E-state index is 12.3. The fraction of sp³-hybridized carbons (Fsp3) is 0.389. The summed E-state index contributed by atoms with van der Waals surface area (Å²) in [4.78, 5) is 35.0. The number of amides is 3. The maximum Gasteiger partial charge on any atom is 0.270 e. The molecule has 1 aromatic rings. The summed E-state index contributed by atoms with van der Waals surface area (Å²) in [5.74, 6) is -1.14. The highest BCUT2D eigenvalue weighted by atomic mass is 16.2. The molecule has 1 saturated carbocycles. The molecule has 27 heavy (non-hydrogen) atoms. The molecule has 1 aromatic carbocycles. The van der Waals surface area contributed by atoms with E-state index < -0.39 is 17.4 Å². The molecule has 1 unspecified atom stereocenters. The first kappa shape index (κ1) is 20.2. The third-order valence-corrected chi connectivity index (χ3v) is 4.49. The Balaban J connectivity index is 1.92. The second-order valence-electron chi connectivity index (χ2n) is 6.42. The summed E-state index contributed by atoms with van der Waals surface area (Å²) in [6.07, 6.45) is 3.07. The molecule has 2 rings (SSSR count). The Labute approximate surface area is 157 Å². The normalized spacial score (nSPS) is 15.6. The number of hydrogen-bond acceptors (Lipinski definition) is 7. The van der Waals surface area contributed by atoms with Gasteiger partial charge in [-0.1, -0.05) is 12.1 Å². The molecule has 0 heterocycles. The van der Waals surface area contributed by atoms with Crippen molar-refractivity contribution in [1.29, 1.82) is 5.41 Å². The van der Waals surface area contributed by atoms with Gasteiger partial charge >= 0.3 is 0 Å². The summed E-state index contributed by atoms with van der Waals surface area (Å²) in [5.41, 5.74) is 3.12. The number of nitrogens with zero attached hydrogens (tertiary/aromatic N) is 1. The van der Waals surface area contributed by atoms with Crippen LogP contribution in [-0.2, 0) is 14.4 Å². The van der Waals surface area contributed by atoms with Gasteiger partial charge in [0.1, 0.15) is 11.3 Å². The molecule has 0 aliphatic heterocycles. The lowest BCUT2D eigenvalue weighted by atomic mass is 9.91. The molecule has 1 aliphatic carbocycles. The SMILES string of the molecule is CNC(CNC(=O)C(=N)/C=N\Nc1cccc(C)c1)(C(=O)NC=O)C1CC1. The van der Waals surface area contributed by atoms with Crippen LogP contribution in [0.5, 0.6) is 0 Å². The summed E-state index contributed by atoms with van der Waals surface area (Å²) in [6, 6.07) is 7.50. The van der Waals surface area contributed by atoms with E-state index in [4.69, 9.17) is 5.41 Å². The molecule has 0 aromatic heterocycles. The van der Waals surface area contributed by atoms with Crippen LogP contribution in [0, 0.1) is 18.3 Å². The predicted octanol–water partition coefficient (Wildman–Crippen LogP) is 0.169. The van der Waals surface area contributed by atoms with Crippen molar-refractivity contribution in [2.75, 3.05) is 19.0 Å². The van der Waals surface area contributed by atoms with E-state index in [9.17, 15) is 14.4 Å². The van der Waals surface area contributed by atoms with Crippen molar-refractivity contribution in [3.05, 3.63) is 29.8 Å². The highest BCUT2D eigenvalue weighted by Crippen LogP contribution is 2.39.